The van der Waals surface area contributed by atoms with Crippen LogP contribution >= 0.6 is 16.5 Å². The van der Waals surface area contributed by atoms with E-state index in [0.717, 1.165) is 11.1 Å². The van der Waals surface area contributed by atoms with Crippen LogP contribution in [0.25, 0.3) is 0 Å². The number of rotatable bonds is 10. The van der Waals surface area contributed by atoms with Crippen LogP contribution in [-0.2, 0) is 33.6 Å². The van der Waals surface area contributed by atoms with Gasteiger partial charge in [-0.3, -0.25) is 0 Å². The Labute approximate surface area is 131 Å². The molecule has 0 heterocycles. The largest absolute Gasteiger partial charge is 0.697 e. The van der Waals surface area contributed by atoms with Crippen LogP contribution in [0.5, 0.6) is 0 Å². The lowest BCUT2D eigenvalue weighted by atomic mass is 9.96. The first kappa shape index (κ1) is 19.3. The van der Waals surface area contributed by atoms with Gasteiger partial charge in [-0.2, -0.15) is 0 Å². The highest BCUT2D eigenvalue weighted by Gasteiger charge is 2.37. The van der Waals surface area contributed by atoms with E-state index in [9.17, 15) is 14.2 Å². The van der Waals surface area contributed by atoms with Crippen molar-refractivity contribution in [3.8, 4) is 0 Å². The summed E-state index contributed by atoms with van der Waals surface area (Å²) < 4.78 is 41.3. The number of aryl methyl sites for hydroxylation is 1. The van der Waals surface area contributed by atoms with E-state index in [1.807, 2.05) is 31.2 Å². The molecule has 7 nitrogen and oxygen atoms in total. The normalized spacial score (nSPS) is 15.3. The monoisotopic (exact) mass is 350 g/mol. The summed E-state index contributed by atoms with van der Waals surface area (Å²) in [7, 11) is -2.18. The van der Waals surface area contributed by atoms with Crippen molar-refractivity contribution in [1.29, 1.82) is 0 Å². The molecule has 0 fully saturated rings. The van der Waals surface area contributed by atoms with Gasteiger partial charge < -0.3 is 5.11 Å². The molecular weight excluding hydrogens is 330 g/mol. The Bertz CT molecular complexity index is 484. The van der Waals surface area contributed by atoms with E-state index >= 15 is 0 Å². The average Bonchev–Trinajstić information content (AvgIpc) is 2.52. The van der Waals surface area contributed by atoms with Crippen LogP contribution < -0.4 is 0 Å². The van der Waals surface area contributed by atoms with Gasteiger partial charge in [0.2, 0.25) is 0 Å². The van der Waals surface area contributed by atoms with Gasteiger partial charge in [-0.25, -0.2) is 0 Å². The van der Waals surface area contributed by atoms with Crippen LogP contribution in [0.1, 0.15) is 11.1 Å². The number of hydrogen-bond donors (Lipinski definition) is 1. The molecule has 2 unspecified atom stereocenters. The zero-order valence-corrected chi connectivity index (χ0v) is 14.5. The van der Waals surface area contributed by atoms with Gasteiger partial charge >= 0.3 is 16.5 Å². The Morgan fingerprint density at radius 1 is 1.00 bits per heavy atom. The number of benzene rings is 1. The van der Waals surface area contributed by atoms with Crippen molar-refractivity contribution < 1.29 is 32.3 Å². The minimum absolute atomic E-state index is 0.174. The van der Waals surface area contributed by atoms with Gasteiger partial charge in [-0.1, -0.05) is 29.8 Å². The summed E-state index contributed by atoms with van der Waals surface area (Å²) in [5.74, 6) is 0. The van der Waals surface area contributed by atoms with Gasteiger partial charge in [-0.05, 0) is 12.5 Å². The molecule has 1 rings (SSSR count). The Kier molecular flexibility index (Phi) is 8.21. The molecule has 9 heteroatoms. The smallest absolute Gasteiger partial charge is 0.384 e. The van der Waals surface area contributed by atoms with E-state index in [1.165, 1.54) is 14.2 Å². The standard InChI is InChI=1S/C13H20O7P2/c1-11-4-6-12(7-5-11)8-13(14,9-19-21(15)17-2)10-20-22(16)18-3/h4-7,14H,8-10H2,1-3H3/q+2. The maximum Gasteiger partial charge on any atom is 0.697 e. The van der Waals surface area contributed by atoms with Crippen LogP contribution in [0.3, 0.4) is 0 Å². The fraction of sp³-hybridized carbons (Fsp3) is 0.538. The molecule has 0 aliphatic rings. The summed E-state index contributed by atoms with van der Waals surface area (Å²) in [6, 6.07) is 7.52. The lowest BCUT2D eigenvalue weighted by Crippen LogP contribution is -2.40. The highest BCUT2D eigenvalue weighted by atomic mass is 31.1. The zero-order valence-electron chi connectivity index (χ0n) is 12.7. The van der Waals surface area contributed by atoms with Crippen molar-refractivity contribution in [2.75, 3.05) is 27.4 Å². The highest BCUT2D eigenvalue weighted by Crippen LogP contribution is 2.29. The van der Waals surface area contributed by atoms with Crippen LogP contribution in [0.4, 0.5) is 0 Å². The Balaban J connectivity index is 2.76. The van der Waals surface area contributed by atoms with Crippen molar-refractivity contribution in [2.24, 2.45) is 0 Å². The quantitative estimate of drug-likeness (QED) is 0.649. The molecule has 2 atom stereocenters. The maximum atomic E-state index is 11.2. The molecule has 0 radical (unpaired) electrons. The van der Waals surface area contributed by atoms with Crippen molar-refractivity contribution in [3.63, 3.8) is 0 Å². The predicted octanol–water partition coefficient (Wildman–Crippen LogP) is 2.91. The van der Waals surface area contributed by atoms with Crippen molar-refractivity contribution >= 4 is 16.5 Å². The van der Waals surface area contributed by atoms with Gasteiger partial charge in [-0.15, -0.1) is 18.1 Å². The van der Waals surface area contributed by atoms with Crippen LogP contribution in [0.15, 0.2) is 24.3 Å². The van der Waals surface area contributed by atoms with E-state index in [-0.39, 0.29) is 19.6 Å². The molecule has 0 aliphatic heterocycles. The maximum absolute atomic E-state index is 11.2. The van der Waals surface area contributed by atoms with Gasteiger partial charge in [0.1, 0.15) is 18.8 Å². The van der Waals surface area contributed by atoms with E-state index in [2.05, 4.69) is 9.05 Å². The molecule has 0 aromatic heterocycles. The van der Waals surface area contributed by atoms with E-state index < -0.39 is 22.1 Å². The van der Waals surface area contributed by atoms with Gasteiger partial charge in [0, 0.05) is 15.6 Å². The SMILES string of the molecule is CO[P+](=O)OCC(O)(CO[P+](=O)OC)Cc1ccc(C)cc1. The number of aliphatic hydroxyl groups is 1. The molecule has 0 saturated carbocycles. The van der Waals surface area contributed by atoms with Gasteiger partial charge in [0.05, 0.1) is 14.2 Å². The molecule has 22 heavy (non-hydrogen) atoms. The third kappa shape index (κ3) is 6.99. The second-order valence-corrected chi connectivity index (χ2v) is 6.89. The molecule has 0 amide bonds. The first-order valence-corrected chi connectivity index (χ1v) is 8.64. The molecule has 1 aromatic carbocycles. The predicted molar refractivity (Wildman–Crippen MR) is 81.0 cm³/mol. The molecule has 122 valence electrons. The average molecular weight is 350 g/mol. The van der Waals surface area contributed by atoms with E-state index in [0.29, 0.717) is 0 Å². The Morgan fingerprint density at radius 3 is 1.86 bits per heavy atom. The lowest BCUT2D eigenvalue weighted by Gasteiger charge is -2.22. The third-order valence-corrected chi connectivity index (χ3v) is 4.11. The lowest BCUT2D eigenvalue weighted by molar-refractivity contribution is -0.0413. The topological polar surface area (TPSA) is 91.3 Å². The summed E-state index contributed by atoms with van der Waals surface area (Å²) in [4.78, 5) is 0. The fourth-order valence-electron chi connectivity index (χ4n) is 1.68. The zero-order chi connectivity index (χ0) is 16.6. The van der Waals surface area contributed by atoms with Crippen molar-refractivity contribution in [3.05, 3.63) is 35.4 Å². The summed E-state index contributed by atoms with van der Waals surface area (Å²) in [5.41, 5.74) is 0.410. The molecule has 1 N–H and O–H groups in total. The molecular formula is C13H20O7P2+2. The third-order valence-electron chi connectivity index (χ3n) is 2.83. The molecule has 1 aromatic rings. The van der Waals surface area contributed by atoms with Crippen molar-refractivity contribution in [2.45, 2.75) is 18.9 Å². The molecule has 0 aliphatic carbocycles. The van der Waals surface area contributed by atoms with E-state index in [4.69, 9.17) is 9.05 Å². The first-order valence-electron chi connectivity index (χ1n) is 6.45. The van der Waals surface area contributed by atoms with Crippen LogP contribution in [0.2, 0.25) is 0 Å². The minimum Gasteiger partial charge on any atom is -0.384 e. The van der Waals surface area contributed by atoms with Crippen LogP contribution in [-0.4, -0.2) is 38.1 Å². The summed E-state index contributed by atoms with van der Waals surface area (Å²) >= 11 is 0. The van der Waals surface area contributed by atoms with E-state index in [1.54, 1.807) is 0 Å². The molecule has 0 bridgehead atoms. The fourth-order valence-corrected chi connectivity index (χ4v) is 2.58. The van der Waals surface area contributed by atoms with Gasteiger partial charge in [0.25, 0.3) is 0 Å². The summed E-state index contributed by atoms with van der Waals surface area (Å²) in [6.45, 7) is 1.36. The Hall–Kier alpha value is -0.780. The second-order valence-electron chi connectivity index (χ2n) is 4.75. The Morgan fingerprint density at radius 2 is 1.45 bits per heavy atom. The number of hydrogen-bond acceptors (Lipinski definition) is 7. The molecule has 0 spiro atoms. The van der Waals surface area contributed by atoms with Crippen LogP contribution in [0, 0.1) is 6.92 Å². The van der Waals surface area contributed by atoms with Crippen molar-refractivity contribution in [1.82, 2.24) is 0 Å². The first-order chi connectivity index (χ1) is 10.4. The molecule has 0 saturated heterocycles. The highest BCUT2D eigenvalue weighted by molar-refractivity contribution is 7.33. The summed E-state index contributed by atoms with van der Waals surface area (Å²) in [5, 5.41) is 10.6. The van der Waals surface area contributed by atoms with Gasteiger partial charge in [0.15, 0.2) is 0 Å². The summed E-state index contributed by atoms with van der Waals surface area (Å²) in [6.07, 6.45) is 0.174. The second kappa shape index (κ2) is 9.38. The minimum atomic E-state index is -2.32.